The first-order valence-electron chi connectivity index (χ1n) is 7.37. The maximum atomic E-state index is 12.9. The summed E-state index contributed by atoms with van der Waals surface area (Å²) in [5, 5.41) is 6.52. The van der Waals surface area contributed by atoms with Gasteiger partial charge in [0.25, 0.3) is 12.3 Å². The number of nitrogens with zero attached hydrogens (tertiary/aromatic N) is 3. The molecule has 0 spiro atoms. The van der Waals surface area contributed by atoms with E-state index in [9.17, 15) is 13.6 Å². The zero-order valence-electron chi connectivity index (χ0n) is 12.1. The molecule has 0 atom stereocenters. The summed E-state index contributed by atoms with van der Waals surface area (Å²) in [5.74, 6) is -0.452. The molecule has 1 aromatic rings. The van der Waals surface area contributed by atoms with Crippen molar-refractivity contribution in [2.75, 3.05) is 19.6 Å². The highest BCUT2D eigenvalue weighted by molar-refractivity contribution is 5.95. The summed E-state index contributed by atoms with van der Waals surface area (Å²) >= 11 is 0. The van der Waals surface area contributed by atoms with E-state index in [1.54, 1.807) is 0 Å². The minimum absolute atomic E-state index is 0.0218. The Labute approximate surface area is 122 Å². The lowest BCUT2D eigenvalue weighted by Gasteiger charge is -2.32. The highest BCUT2D eigenvalue weighted by atomic mass is 19.3. The molecular weight excluding hydrogens is 278 g/mol. The van der Waals surface area contributed by atoms with Crippen molar-refractivity contribution in [2.24, 2.45) is 7.05 Å². The predicted molar refractivity (Wildman–Crippen MR) is 73.3 cm³/mol. The number of nitrogens with one attached hydrogen (secondary N) is 1. The summed E-state index contributed by atoms with van der Waals surface area (Å²) in [6, 6.07) is 0. The molecule has 3 heterocycles. The monoisotopic (exact) mass is 298 g/mol. The fourth-order valence-corrected chi connectivity index (χ4v) is 3.70. The normalized spacial score (nSPS) is 21.0. The fourth-order valence-electron chi connectivity index (χ4n) is 3.70. The first-order valence-corrected chi connectivity index (χ1v) is 7.37. The van der Waals surface area contributed by atoms with Crippen molar-refractivity contribution in [3.63, 3.8) is 0 Å². The molecule has 1 N–H and O–H groups in total. The van der Waals surface area contributed by atoms with Gasteiger partial charge in [-0.05, 0) is 38.8 Å². The number of fused-ring (bicyclic) bond motifs is 1. The molecule has 2 fully saturated rings. The molecule has 0 aromatic carbocycles. The highest BCUT2D eigenvalue weighted by Gasteiger charge is 2.44. The summed E-state index contributed by atoms with van der Waals surface area (Å²) in [6.45, 7) is 2.68. The van der Waals surface area contributed by atoms with E-state index in [0.717, 1.165) is 38.8 Å². The van der Waals surface area contributed by atoms with Crippen LogP contribution in [0.25, 0.3) is 0 Å². The van der Waals surface area contributed by atoms with Gasteiger partial charge in [0, 0.05) is 25.3 Å². The summed E-state index contributed by atoms with van der Waals surface area (Å²) in [7, 11) is 1.54. The van der Waals surface area contributed by atoms with Crippen LogP contribution in [-0.2, 0) is 7.05 Å². The molecule has 7 heteroatoms. The number of hydrogen-bond acceptors (Lipinski definition) is 3. The molecule has 5 nitrogen and oxygen atoms in total. The minimum atomic E-state index is -2.74. The van der Waals surface area contributed by atoms with Gasteiger partial charge in [-0.15, -0.1) is 0 Å². The third kappa shape index (κ3) is 2.54. The van der Waals surface area contributed by atoms with Crippen molar-refractivity contribution in [3.8, 4) is 0 Å². The Morgan fingerprint density at radius 1 is 1.43 bits per heavy atom. The molecule has 3 rings (SSSR count). The van der Waals surface area contributed by atoms with Crippen LogP contribution in [-0.4, -0.2) is 45.8 Å². The largest absolute Gasteiger partial charge is 0.350 e. The Morgan fingerprint density at radius 3 is 2.71 bits per heavy atom. The number of amides is 1. The van der Waals surface area contributed by atoms with Crippen molar-refractivity contribution in [1.82, 2.24) is 20.0 Å². The van der Waals surface area contributed by atoms with Gasteiger partial charge in [0.15, 0.2) is 0 Å². The zero-order valence-corrected chi connectivity index (χ0v) is 12.1. The van der Waals surface area contributed by atoms with Gasteiger partial charge < -0.3 is 5.32 Å². The van der Waals surface area contributed by atoms with E-state index in [0.29, 0.717) is 6.54 Å². The van der Waals surface area contributed by atoms with Crippen molar-refractivity contribution in [3.05, 3.63) is 17.5 Å². The lowest BCUT2D eigenvalue weighted by Crippen LogP contribution is -2.48. The van der Waals surface area contributed by atoms with Crippen LogP contribution < -0.4 is 5.32 Å². The van der Waals surface area contributed by atoms with Crippen molar-refractivity contribution >= 4 is 5.91 Å². The second-order valence-electron chi connectivity index (χ2n) is 6.00. The number of hydrogen-bond donors (Lipinski definition) is 1. The number of carbonyl (C=O) groups is 1. The molecule has 0 radical (unpaired) electrons. The van der Waals surface area contributed by atoms with E-state index in [2.05, 4.69) is 15.3 Å². The second kappa shape index (κ2) is 5.36. The van der Waals surface area contributed by atoms with Crippen molar-refractivity contribution in [1.29, 1.82) is 0 Å². The SMILES string of the molecule is Cn1cc(C(=O)NCC23CCCN2CCC3)c(C(F)F)n1. The fraction of sp³-hybridized carbons (Fsp3) is 0.714. The number of aromatic nitrogens is 2. The van der Waals surface area contributed by atoms with Crippen LogP contribution in [0.3, 0.4) is 0 Å². The molecule has 116 valence electrons. The van der Waals surface area contributed by atoms with Crippen LogP contribution in [0.15, 0.2) is 6.20 Å². The Hall–Kier alpha value is -1.50. The standard InChI is InChI=1S/C14H20F2N4O/c1-19-8-10(11(18-19)12(15)16)13(21)17-9-14-4-2-6-20(14)7-3-5-14/h8,12H,2-7,9H2,1H3,(H,17,21). The quantitative estimate of drug-likeness (QED) is 0.921. The third-order valence-corrected chi connectivity index (χ3v) is 4.70. The van der Waals surface area contributed by atoms with E-state index in [1.165, 1.54) is 17.9 Å². The van der Waals surface area contributed by atoms with Crippen LogP contribution in [0.2, 0.25) is 0 Å². The molecule has 2 aliphatic rings. The average Bonchev–Trinajstić information content (AvgIpc) is 3.08. The Balaban J connectivity index is 1.70. The molecule has 0 bridgehead atoms. The molecule has 0 saturated carbocycles. The average molecular weight is 298 g/mol. The predicted octanol–water partition coefficient (Wildman–Crippen LogP) is 1.72. The summed E-state index contributed by atoms with van der Waals surface area (Å²) in [4.78, 5) is 14.6. The maximum Gasteiger partial charge on any atom is 0.282 e. The van der Waals surface area contributed by atoms with Gasteiger partial charge in [-0.2, -0.15) is 5.10 Å². The lowest BCUT2D eigenvalue weighted by atomic mass is 9.94. The van der Waals surface area contributed by atoms with Gasteiger partial charge in [-0.25, -0.2) is 8.78 Å². The first-order chi connectivity index (χ1) is 10.0. The molecule has 1 aromatic heterocycles. The summed E-state index contributed by atoms with van der Waals surface area (Å²) in [5.41, 5.74) is -0.420. The smallest absolute Gasteiger partial charge is 0.282 e. The summed E-state index contributed by atoms with van der Waals surface area (Å²) in [6.07, 6.45) is 3.05. The molecule has 1 amide bonds. The third-order valence-electron chi connectivity index (χ3n) is 4.70. The van der Waals surface area contributed by atoms with E-state index in [1.807, 2.05) is 0 Å². The minimum Gasteiger partial charge on any atom is -0.350 e. The van der Waals surface area contributed by atoms with Crippen molar-refractivity contribution < 1.29 is 13.6 Å². The Kier molecular flexibility index (Phi) is 3.69. The Morgan fingerprint density at radius 2 is 2.10 bits per heavy atom. The van der Waals surface area contributed by atoms with Gasteiger partial charge in [0.2, 0.25) is 0 Å². The van der Waals surface area contributed by atoms with Gasteiger partial charge in [0.1, 0.15) is 5.69 Å². The van der Waals surface area contributed by atoms with Gasteiger partial charge in [0.05, 0.1) is 5.56 Å². The first kappa shape index (κ1) is 14.4. The molecule has 21 heavy (non-hydrogen) atoms. The Bertz CT molecular complexity index is 533. The number of rotatable bonds is 4. The number of carbonyl (C=O) groups excluding carboxylic acids is 1. The van der Waals surface area contributed by atoms with Crippen LogP contribution >= 0.6 is 0 Å². The van der Waals surface area contributed by atoms with E-state index >= 15 is 0 Å². The molecule has 0 unspecified atom stereocenters. The molecular formula is C14H20F2N4O. The van der Waals surface area contributed by atoms with Gasteiger partial charge >= 0.3 is 0 Å². The molecule has 2 aliphatic heterocycles. The van der Waals surface area contributed by atoms with Gasteiger partial charge in [-0.3, -0.25) is 14.4 Å². The second-order valence-corrected chi connectivity index (χ2v) is 6.00. The topological polar surface area (TPSA) is 50.2 Å². The number of alkyl halides is 2. The number of halogens is 2. The van der Waals surface area contributed by atoms with E-state index in [-0.39, 0.29) is 11.1 Å². The molecule has 0 aliphatic carbocycles. The van der Waals surface area contributed by atoms with Crippen LogP contribution in [0.5, 0.6) is 0 Å². The maximum absolute atomic E-state index is 12.9. The number of aryl methyl sites for hydroxylation is 1. The van der Waals surface area contributed by atoms with E-state index in [4.69, 9.17) is 0 Å². The highest BCUT2D eigenvalue weighted by Crippen LogP contribution is 2.38. The van der Waals surface area contributed by atoms with E-state index < -0.39 is 18.0 Å². The van der Waals surface area contributed by atoms with Crippen molar-refractivity contribution in [2.45, 2.75) is 37.6 Å². The van der Waals surface area contributed by atoms with Crippen LogP contribution in [0.4, 0.5) is 8.78 Å². The van der Waals surface area contributed by atoms with Crippen LogP contribution in [0.1, 0.15) is 48.2 Å². The zero-order chi connectivity index (χ0) is 15.0. The lowest BCUT2D eigenvalue weighted by molar-refractivity contribution is 0.0905. The summed E-state index contributed by atoms with van der Waals surface area (Å²) < 4.78 is 27.0. The molecule has 2 saturated heterocycles. The van der Waals surface area contributed by atoms with Crippen LogP contribution in [0, 0.1) is 0 Å². The van der Waals surface area contributed by atoms with Gasteiger partial charge in [-0.1, -0.05) is 0 Å².